The van der Waals surface area contributed by atoms with Gasteiger partial charge in [-0.25, -0.2) is 0 Å². The van der Waals surface area contributed by atoms with Crippen LogP contribution in [-0.4, -0.2) is 16.0 Å². The van der Waals surface area contributed by atoms with E-state index in [1.807, 2.05) is 30.3 Å². The van der Waals surface area contributed by atoms with Gasteiger partial charge in [0.15, 0.2) is 5.78 Å². The summed E-state index contributed by atoms with van der Waals surface area (Å²) >= 11 is 0. The summed E-state index contributed by atoms with van der Waals surface area (Å²) in [7, 11) is 0. The predicted molar refractivity (Wildman–Crippen MR) is 69.0 cm³/mol. The molecule has 2 N–H and O–H groups in total. The molecule has 0 bridgehead atoms. The van der Waals surface area contributed by atoms with Crippen LogP contribution >= 0.6 is 0 Å². The number of rotatable bonds is 3. The Morgan fingerprint density at radius 3 is 2.33 bits per heavy atom. The minimum atomic E-state index is -0.347. The van der Waals surface area contributed by atoms with Crippen molar-refractivity contribution in [2.24, 2.45) is 0 Å². The summed E-state index contributed by atoms with van der Waals surface area (Å²) in [5, 5.41) is 19.6. The molecular formula is C15H14O3. The first kappa shape index (κ1) is 12.2. The third-order valence-electron chi connectivity index (χ3n) is 2.83. The zero-order chi connectivity index (χ0) is 13.1. The summed E-state index contributed by atoms with van der Waals surface area (Å²) in [5.74, 6) is -0.664. The van der Waals surface area contributed by atoms with Crippen molar-refractivity contribution in [3.05, 3.63) is 59.2 Å². The fraction of sp³-hybridized carbons (Fsp3) is 0.133. The molecule has 0 amide bonds. The minimum Gasteiger partial charge on any atom is -0.507 e. The summed E-state index contributed by atoms with van der Waals surface area (Å²) < 4.78 is 0. The molecule has 0 aliphatic carbocycles. The molecule has 0 spiro atoms. The van der Waals surface area contributed by atoms with Crippen molar-refractivity contribution in [2.75, 3.05) is 0 Å². The van der Waals surface area contributed by atoms with Crippen LogP contribution in [0.1, 0.15) is 28.4 Å². The van der Waals surface area contributed by atoms with Gasteiger partial charge in [0, 0.05) is 6.42 Å². The van der Waals surface area contributed by atoms with E-state index < -0.39 is 0 Å². The average molecular weight is 242 g/mol. The van der Waals surface area contributed by atoms with Crippen LogP contribution in [0.5, 0.6) is 11.5 Å². The smallest absolute Gasteiger partial charge is 0.167 e. The SMILES string of the molecule is CC(=O)c1c(O)ccc(Cc2ccccc2)c1O. The van der Waals surface area contributed by atoms with E-state index in [-0.39, 0.29) is 22.8 Å². The summed E-state index contributed by atoms with van der Waals surface area (Å²) in [6.07, 6.45) is 0.521. The largest absolute Gasteiger partial charge is 0.507 e. The second-order valence-corrected chi connectivity index (χ2v) is 4.19. The molecule has 18 heavy (non-hydrogen) atoms. The Bertz CT molecular complexity index is 574. The summed E-state index contributed by atoms with van der Waals surface area (Å²) in [4.78, 5) is 11.4. The first-order chi connectivity index (χ1) is 8.59. The van der Waals surface area contributed by atoms with Crippen molar-refractivity contribution >= 4 is 5.78 Å². The van der Waals surface area contributed by atoms with Crippen LogP contribution in [0.2, 0.25) is 0 Å². The maximum absolute atomic E-state index is 11.4. The van der Waals surface area contributed by atoms with Gasteiger partial charge in [-0.3, -0.25) is 4.79 Å². The molecule has 0 aliphatic heterocycles. The van der Waals surface area contributed by atoms with E-state index in [1.165, 1.54) is 13.0 Å². The molecule has 3 nitrogen and oxygen atoms in total. The maximum Gasteiger partial charge on any atom is 0.167 e. The van der Waals surface area contributed by atoms with Crippen molar-refractivity contribution in [3.63, 3.8) is 0 Å². The van der Waals surface area contributed by atoms with E-state index in [2.05, 4.69) is 0 Å². The number of ketones is 1. The number of hydrogen-bond acceptors (Lipinski definition) is 3. The lowest BCUT2D eigenvalue weighted by Crippen LogP contribution is -1.98. The van der Waals surface area contributed by atoms with Crippen molar-refractivity contribution in [1.29, 1.82) is 0 Å². The third-order valence-corrected chi connectivity index (χ3v) is 2.83. The van der Waals surface area contributed by atoms with E-state index in [0.29, 0.717) is 12.0 Å². The lowest BCUT2D eigenvalue weighted by atomic mass is 9.99. The standard InChI is InChI=1S/C15H14O3/c1-10(16)14-13(17)8-7-12(15(14)18)9-11-5-3-2-4-6-11/h2-8,17-18H,9H2,1H3. The molecule has 0 aromatic heterocycles. The summed E-state index contributed by atoms with van der Waals surface area (Å²) in [6.45, 7) is 1.32. The highest BCUT2D eigenvalue weighted by atomic mass is 16.3. The van der Waals surface area contributed by atoms with Gasteiger partial charge in [-0.2, -0.15) is 0 Å². The minimum absolute atomic E-state index is 0.0107. The Balaban J connectivity index is 2.41. The van der Waals surface area contributed by atoms with Gasteiger partial charge in [0.05, 0.1) is 0 Å². The Hall–Kier alpha value is -2.29. The van der Waals surface area contributed by atoms with Crippen molar-refractivity contribution in [1.82, 2.24) is 0 Å². The maximum atomic E-state index is 11.4. The van der Waals surface area contributed by atoms with Crippen LogP contribution < -0.4 is 0 Å². The molecule has 2 aromatic rings. The zero-order valence-electron chi connectivity index (χ0n) is 10.1. The molecule has 2 aromatic carbocycles. The Morgan fingerprint density at radius 2 is 1.72 bits per heavy atom. The number of phenolic OH excluding ortho intramolecular Hbond substituents is 2. The Kier molecular flexibility index (Phi) is 3.33. The Labute approximate surface area is 105 Å². The monoisotopic (exact) mass is 242 g/mol. The molecule has 3 heteroatoms. The summed E-state index contributed by atoms with van der Waals surface area (Å²) in [6, 6.07) is 12.7. The van der Waals surface area contributed by atoms with Gasteiger partial charge in [0.25, 0.3) is 0 Å². The normalized spacial score (nSPS) is 10.3. The molecular weight excluding hydrogens is 228 g/mol. The van der Waals surface area contributed by atoms with Gasteiger partial charge >= 0.3 is 0 Å². The molecule has 0 fully saturated rings. The van der Waals surface area contributed by atoms with Gasteiger partial charge in [-0.1, -0.05) is 36.4 Å². The predicted octanol–water partition coefficient (Wildman–Crippen LogP) is 2.89. The second-order valence-electron chi connectivity index (χ2n) is 4.19. The highest BCUT2D eigenvalue weighted by Gasteiger charge is 2.16. The molecule has 0 atom stereocenters. The average Bonchev–Trinajstić information content (AvgIpc) is 2.34. The van der Waals surface area contributed by atoms with Crippen LogP contribution in [0, 0.1) is 0 Å². The summed E-state index contributed by atoms with van der Waals surface area (Å²) in [5.41, 5.74) is 1.65. The molecule has 0 unspecified atom stereocenters. The second kappa shape index (κ2) is 4.92. The molecule has 0 radical (unpaired) electrons. The molecule has 0 saturated carbocycles. The number of carbonyl (C=O) groups excluding carboxylic acids is 1. The van der Waals surface area contributed by atoms with E-state index in [4.69, 9.17) is 0 Å². The number of carbonyl (C=O) groups is 1. The lowest BCUT2D eigenvalue weighted by molar-refractivity contribution is 0.101. The van der Waals surface area contributed by atoms with Crippen LogP contribution in [0.15, 0.2) is 42.5 Å². The quantitative estimate of drug-likeness (QED) is 0.814. The number of phenols is 2. The third kappa shape index (κ3) is 2.35. The van der Waals surface area contributed by atoms with Crippen LogP contribution in [0.3, 0.4) is 0 Å². The Morgan fingerprint density at radius 1 is 1.06 bits per heavy atom. The number of hydrogen-bond donors (Lipinski definition) is 2. The van der Waals surface area contributed by atoms with E-state index in [0.717, 1.165) is 5.56 Å². The van der Waals surface area contributed by atoms with Crippen molar-refractivity contribution in [2.45, 2.75) is 13.3 Å². The van der Waals surface area contributed by atoms with Gasteiger partial charge in [-0.15, -0.1) is 0 Å². The fourth-order valence-electron chi connectivity index (χ4n) is 1.93. The van der Waals surface area contributed by atoms with Crippen LogP contribution in [0.25, 0.3) is 0 Å². The van der Waals surface area contributed by atoms with Crippen LogP contribution in [-0.2, 0) is 6.42 Å². The molecule has 0 saturated heterocycles. The van der Waals surface area contributed by atoms with Crippen molar-refractivity contribution in [3.8, 4) is 11.5 Å². The van der Waals surface area contributed by atoms with Gasteiger partial charge in [0.2, 0.25) is 0 Å². The van der Waals surface area contributed by atoms with E-state index >= 15 is 0 Å². The molecule has 92 valence electrons. The van der Waals surface area contributed by atoms with E-state index in [9.17, 15) is 15.0 Å². The molecule has 2 rings (SSSR count). The first-order valence-corrected chi connectivity index (χ1v) is 5.68. The number of aromatic hydroxyl groups is 2. The van der Waals surface area contributed by atoms with Gasteiger partial charge in [0.1, 0.15) is 17.1 Å². The topological polar surface area (TPSA) is 57.5 Å². The van der Waals surface area contributed by atoms with E-state index in [1.54, 1.807) is 6.07 Å². The fourth-order valence-corrected chi connectivity index (χ4v) is 1.93. The zero-order valence-corrected chi connectivity index (χ0v) is 10.1. The van der Waals surface area contributed by atoms with Crippen LogP contribution in [0.4, 0.5) is 0 Å². The highest BCUT2D eigenvalue weighted by Crippen LogP contribution is 2.32. The van der Waals surface area contributed by atoms with Crippen molar-refractivity contribution < 1.29 is 15.0 Å². The number of Topliss-reactive ketones (excluding diaryl/α,β-unsaturated/α-hetero) is 1. The molecule has 0 aliphatic rings. The molecule has 0 heterocycles. The lowest BCUT2D eigenvalue weighted by Gasteiger charge is -2.09. The van der Waals surface area contributed by atoms with Gasteiger partial charge in [-0.05, 0) is 24.1 Å². The highest BCUT2D eigenvalue weighted by molar-refractivity contribution is 5.99. The van der Waals surface area contributed by atoms with Gasteiger partial charge < -0.3 is 10.2 Å². The number of benzene rings is 2. The first-order valence-electron chi connectivity index (χ1n) is 5.68.